The SMILES string of the molecule is CSc1ncccc1C(=O)NC[C@@H]1CCCN(c2nccs2)C1. The van der Waals surface area contributed by atoms with E-state index < -0.39 is 0 Å². The fourth-order valence-electron chi connectivity index (χ4n) is 2.84. The van der Waals surface area contributed by atoms with Crippen LogP contribution >= 0.6 is 23.1 Å². The van der Waals surface area contributed by atoms with E-state index in [-0.39, 0.29) is 5.91 Å². The third-order valence-corrected chi connectivity index (χ3v) is 5.51. The van der Waals surface area contributed by atoms with E-state index in [2.05, 4.69) is 20.2 Å². The van der Waals surface area contributed by atoms with Crippen LogP contribution in [0.1, 0.15) is 23.2 Å². The summed E-state index contributed by atoms with van der Waals surface area (Å²) in [5.41, 5.74) is 0.660. The number of hydrogen-bond donors (Lipinski definition) is 1. The molecule has 1 saturated heterocycles. The first kappa shape index (κ1) is 16.3. The lowest BCUT2D eigenvalue weighted by atomic mass is 9.98. The minimum atomic E-state index is -0.0335. The van der Waals surface area contributed by atoms with Gasteiger partial charge in [-0.2, -0.15) is 0 Å². The molecular weight excluding hydrogens is 328 g/mol. The molecule has 0 unspecified atom stereocenters. The van der Waals surface area contributed by atoms with Gasteiger partial charge >= 0.3 is 0 Å². The number of hydrogen-bond acceptors (Lipinski definition) is 6. The number of thiazole rings is 1. The highest BCUT2D eigenvalue weighted by Crippen LogP contribution is 2.24. The van der Waals surface area contributed by atoms with Crippen molar-refractivity contribution in [3.05, 3.63) is 35.5 Å². The van der Waals surface area contributed by atoms with Crippen molar-refractivity contribution in [2.24, 2.45) is 5.92 Å². The fourth-order valence-corrected chi connectivity index (χ4v) is 4.06. The first-order valence-electron chi connectivity index (χ1n) is 7.69. The van der Waals surface area contributed by atoms with Gasteiger partial charge in [-0.15, -0.1) is 23.1 Å². The Bertz CT molecular complexity index is 647. The van der Waals surface area contributed by atoms with Gasteiger partial charge in [0.15, 0.2) is 5.13 Å². The van der Waals surface area contributed by atoms with Crippen LogP contribution in [0.4, 0.5) is 5.13 Å². The zero-order valence-corrected chi connectivity index (χ0v) is 14.7. The molecule has 3 rings (SSSR count). The predicted molar refractivity (Wildman–Crippen MR) is 95.4 cm³/mol. The van der Waals surface area contributed by atoms with Crippen LogP contribution in [0.5, 0.6) is 0 Å². The average Bonchev–Trinajstić information content (AvgIpc) is 3.14. The lowest BCUT2D eigenvalue weighted by Crippen LogP contribution is -2.41. The van der Waals surface area contributed by atoms with Crippen molar-refractivity contribution >= 4 is 34.1 Å². The Morgan fingerprint density at radius 2 is 2.39 bits per heavy atom. The summed E-state index contributed by atoms with van der Waals surface area (Å²) in [5, 5.41) is 6.94. The number of amides is 1. The maximum atomic E-state index is 12.4. The van der Waals surface area contributed by atoms with Crippen LogP contribution in [0, 0.1) is 5.92 Å². The van der Waals surface area contributed by atoms with Gasteiger partial charge in [0.2, 0.25) is 0 Å². The van der Waals surface area contributed by atoms with Crippen molar-refractivity contribution in [3.63, 3.8) is 0 Å². The number of carbonyl (C=O) groups is 1. The van der Waals surface area contributed by atoms with Gasteiger partial charge in [-0.3, -0.25) is 4.79 Å². The van der Waals surface area contributed by atoms with Gasteiger partial charge < -0.3 is 10.2 Å². The van der Waals surface area contributed by atoms with E-state index in [1.165, 1.54) is 11.8 Å². The van der Waals surface area contributed by atoms with Crippen molar-refractivity contribution < 1.29 is 4.79 Å². The van der Waals surface area contributed by atoms with E-state index in [1.807, 2.05) is 23.9 Å². The molecule has 23 heavy (non-hydrogen) atoms. The summed E-state index contributed by atoms with van der Waals surface area (Å²) in [6, 6.07) is 3.64. The van der Waals surface area contributed by atoms with Crippen molar-refractivity contribution in [2.45, 2.75) is 17.9 Å². The molecule has 2 aromatic rings. The van der Waals surface area contributed by atoms with Gasteiger partial charge in [0.05, 0.1) is 5.56 Å². The maximum Gasteiger partial charge on any atom is 0.254 e. The zero-order chi connectivity index (χ0) is 16.1. The molecule has 7 heteroatoms. The van der Waals surface area contributed by atoms with Crippen LogP contribution in [-0.4, -0.2) is 41.8 Å². The number of piperidine rings is 1. The zero-order valence-electron chi connectivity index (χ0n) is 13.1. The van der Waals surface area contributed by atoms with Crippen molar-refractivity contribution in [1.82, 2.24) is 15.3 Å². The van der Waals surface area contributed by atoms with E-state index in [4.69, 9.17) is 0 Å². The van der Waals surface area contributed by atoms with Crippen LogP contribution in [0.3, 0.4) is 0 Å². The Morgan fingerprint density at radius 3 is 3.17 bits per heavy atom. The summed E-state index contributed by atoms with van der Waals surface area (Å²) in [6.07, 6.45) is 7.78. The molecule has 122 valence electrons. The van der Waals surface area contributed by atoms with E-state index in [9.17, 15) is 4.79 Å². The van der Waals surface area contributed by atoms with Gasteiger partial charge in [-0.25, -0.2) is 9.97 Å². The molecule has 3 heterocycles. The molecule has 1 fully saturated rings. The Hall–Kier alpha value is -1.60. The number of anilines is 1. The standard InChI is InChI=1S/C16H20N4OS2/c1-22-15-13(5-2-6-17-15)14(21)19-10-12-4-3-8-20(11-12)16-18-7-9-23-16/h2,5-7,9,12H,3-4,8,10-11H2,1H3,(H,19,21)/t12-/m0/s1. The summed E-state index contributed by atoms with van der Waals surface area (Å²) >= 11 is 3.17. The Kier molecular flexibility index (Phi) is 5.51. The summed E-state index contributed by atoms with van der Waals surface area (Å²) in [7, 11) is 0. The lowest BCUT2D eigenvalue weighted by Gasteiger charge is -2.32. The molecule has 1 N–H and O–H groups in total. The molecule has 2 aromatic heterocycles. The molecule has 0 aromatic carbocycles. The molecule has 0 radical (unpaired) electrons. The Labute approximate surface area is 144 Å². The number of carbonyl (C=O) groups excluding carboxylic acids is 1. The highest BCUT2D eigenvalue weighted by Gasteiger charge is 2.22. The van der Waals surface area contributed by atoms with Crippen LogP contribution in [0.15, 0.2) is 34.9 Å². The second-order valence-corrected chi connectivity index (χ2v) is 7.21. The van der Waals surface area contributed by atoms with E-state index in [0.717, 1.165) is 36.1 Å². The van der Waals surface area contributed by atoms with Gasteiger partial charge in [0.25, 0.3) is 5.91 Å². The number of nitrogens with one attached hydrogen (secondary N) is 1. The van der Waals surface area contributed by atoms with Crippen molar-refractivity contribution in [1.29, 1.82) is 0 Å². The highest BCUT2D eigenvalue weighted by atomic mass is 32.2. The largest absolute Gasteiger partial charge is 0.352 e. The minimum Gasteiger partial charge on any atom is -0.352 e. The van der Waals surface area contributed by atoms with Gasteiger partial charge in [-0.1, -0.05) is 0 Å². The van der Waals surface area contributed by atoms with E-state index in [0.29, 0.717) is 18.0 Å². The van der Waals surface area contributed by atoms with Crippen LogP contribution in [0.2, 0.25) is 0 Å². The fraction of sp³-hybridized carbons (Fsp3) is 0.438. The maximum absolute atomic E-state index is 12.4. The molecule has 0 aliphatic carbocycles. The number of rotatable bonds is 5. The number of aromatic nitrogens is 2. The lowest BCUT2D eigenvalue weighted by molar-refractivity contribution is 0.0942. The normalized spacial score (nSPS) is 18.0. The molecule has 1 aliphatic rings. The predicted octanol–water partition coefficient (Wildman–Crippen LogP) is 2.91. The molecule has 1 atom stereocenters. The summed E-state index contributed by atoms with van der Waals surface area (Å²) in [6.45, 7) is 2.71. The van der Waals surface area contributed by atoms with Crippen molar-refractivity contribution in [2.75, 3.05) is 30.8 Å². The molecule has 1 amide bonds. The number of pyridine rings is 1. The summed E-state index contributed by atoms with van der Waals surface area (Å²) in [4.78, 5) is 23.3. The first-order valence-corrected chi connectivity index (χ1v) is 9.80. The van der Waals surface area contributed by atoms with Gasteiger partial charge in [0, 0.05) is 37.4 Å². The molecule has 0 spiro atoms. The smallest absolute Gasteiger partial charge is 0.254 e. The molecule has 1 aliphatic heterocycles. The Balaban J connectivity index is 1.56. The molecular formula is C16H20N4OS2. The number of thioether (sulfide) groups is 1. The van der Waals surface area contributed by atoms with E-state index in [1.54, 1.807) is 23.6 Å². The second kappa shape index (κ2) is 7.79. The van der Waals surface area contributed by atoms with E-state index >= 15 is 0 Å². The van der Waals surface area contributed by atoms with Crippen LogP contribution in [-0.2, 0) is 0 Å². The monoisotopic (exact) mass is 348 g/mol. The second-order valence-electron chi connectivity index (χ2n) is 5.54. The first-order chi connectivity index (χ1) is 11.3. The average molecular weight is 348 g/mol. The highest BCUT2D eigenvalue weighted by molar-refractivity contribution is 7.98. The quantitative estimate of drug-likeness (QED) is 0.842. The van der Waals surface area contributed by atoms with Crippen LogP contribution < -0.4 is 10.2 Å². The Morgan fingerprint density at radius 1 is 1.48 bits per heavy atom. The topological polar surface area (TPSA) is 58.1 Å². The third kappa shape index (κ3) is 4.03. The summed E-state index contributed by atoms with van der Waals surface area (Å²) < 4.78 is 0. The third-order valence-electron chi connectivity index (χ3n) is 3.97. The molecule has 0 bridgehead atoms. The number of nitrogens with zero attached hydrogens (tertiary/aromatic N) is 3. The molecule has 5 nitrogen and oxygen atoms in total. The van der Waals surface area contributed by atoms with Crippen LogP contribution in [0.25, 0.3) is 0 Å². The molecule has 0 saturated carbocycles. The summed E-state index contributed by atoms with van der Waals surface area (Å²) in [5.74, 6) is 0.430. The van der Waals surface area contributed by atoms with Crippen molar-refractivity contribution in [3.8, 4) is 0 Å². The van der Waals surface area contributed by atoms with Gasteiger partial charge in [-0.05, 0) is 37.1 Å². The minimum absolute atomic E-state index is 0.0335. The van der Waals surface area contributed by atoms with Gasteiger partial charge in [0.1, 0.15) is 5.03 Å².